The molecular formula is C42H61N7O5. The third kappa shape index (κ3) is 11.0. The zero-order chi connectivity index (χ0) is 39.9. The number of likely N-dealkylation sites (N-methyl/N-ethyl adjacent to an activating group) is 1. The standard InChI is InChI=1S/C42H61N7O5/c1-11-42(9,38(53)45-40(5,6)28-39(2,3)4)23-25-54-41(7,8)22-24-44-33(50)20-21-35(52)48-26-29-16-12-13-17-30(29)37-36(31-18-14-15-19-32(31)48)46-47-49(37)27-34(51)43-10/h12-19H,11,20-28H2,1-10H3,(H,43,51)(H,44,50)(H,45,53). The van der Waals surface area contributed by atoms with E-state index in [4.69, 9.17) is 4.74 Å². The lowest BCUT2D eigenvalue weighted by Crippen LogP contribution is -2.51. The highest BCUT2D eigenvalue weighted by atomic mass is 16.5. The molecule has 1 aliphatic heterocycles. The van der Waals surface area contributed by atoms with Gasteiger partial charge in [-0.1, -0.05) is 82.3 Å². The first-order chi connectivity index (χ1) is 25.3. The highest BCUT2D eigenvalue weighted by Crippen LogP contribution is 2.41. The van der Waals surface area contributed by atoms with Gasteiger partial charge in [-0.15, -0.1) is 5.10 Å². The summed E-state index contributed by atoms with van der Waals surface area (Å²) < 4.78 is 7.85. The lowest BCUT2D eigenvalue weighted by atomic mass is 9.79. The summed E-state index contributed by atoms with van der Waals surface area (Å²) in [7, 11) is 1.58. The van der Waals surface area contributed by atoms with Gasteiger partial charge in [0, 0.05) is 55.1 Å². The van der Waals surface area contributed by atoms with Gasteiger partial charge in [0.05, 0.1) is 23.5 Å². The van der Waals surface area contributed by atoms with Gasteiger partial charge in [0.1, 0.15) is 12.2 Å². The van der Waals surface area contributed by atoms with Gasteiger partial charge in [-0.2, -0.15) is 0 Å². The fraction of sp³-hybridized carbons (Fsp3) is 0.571. The second-order valence-corrected chi connectivity index (χ2v) is 17.2. The summed E-state index contributed by atoms with van der Waals surface area (Å²) in [5.41, 5.74) is 3.05. The molecule has 54 heavy (non-hydrogen) atoms. The third-order valence-corrected chi connectivity index (χ3v) is 10.2. The molecule has 3 N–H and O–H groups in total. The predicted octanol–water partition coefficient (Wildman–Crippen LogP) is 6.42. The number of carbonyl (C=O) groups excluding carboxylic acids is 4. The summed E-state index contributed by atoms with van der Waals surface area (Å²) in [6, 6.07) is 15.2. The maximum absolute atomic E-state index is 13.9. The Labute approximate surface area is 321 Å². The highest BCUT2D eigenvalue weighted by Gasteiger charge is 2.36. The van der Waals surface area contributed by atoms with Crippen molar-refractivity contribution in [3.05, 3.63) is 54.1 Å². The van der Waals surface area contributed by atoms with E-state index in [-0.39, 0.29) is 60.5 Å². The van der Waals surface area contributed by atoms with Crippen LogP contribution in [-0.2, 0) is 37.0 Å². The maximum atomic E-state index is 13.9. The average Bonchev–Trinajstić information content (AvgIpc) is 3.49. The number of hydrogen-bond donors (Lipinski definition) is 3. The smallest absolute Gasteiger partial charge is 0.241 e. The lowest BCUT2D eigenvalue weighted by molar-refractivity contribution is -0.135. The van der Waals surface area contributed by atoms with Crippen LogP contribution in [0.1, 0.15) is 106 Å². The van der Waals surface area contributed by atoms with Crippen LogP contribution in [0.2, 0.25) is 0 Å². The van der Waals surface area contributed by atoms with Crippen molar-refractivity contribution in [2.75, 3.05) is 25.1 Å². The number of nitrogens with zero attached hydrogens (tertiary/aromatic N) is 4. The SMILES string of the molecule is CCC(C)(CCOC(C)(C)CCNC(=O)CCC(=O)N1Cc2ccccc2-c2c(nnn2CC(=O)NC)-c2ccccc21)C(=O)NC(C)(C)CC(C)(C)C. The van der Waals surface area contributed by atoms with Gasteiger partial charge in [0.2, 0.25) is 23.6 Å². The molecule has 0 spiro atoms. The molecule has 2 aromatic carbocycles. The number of nitrogens with one attached hydrogen (secondary N) is 3. The number of carbonyl (C=O) groups is 4. The van der Waals surface area contributed by atoms with E-state index in [9.17, 15) is 19.2 Å². The van der Waals surface area contributed by atoms with Gasteiger partial charge >= 0.3 is 0 Å². The van der Waals surface area contributed by atoms with Crippen LogP contribution in [0.15, 0.2) is 48.5 Å². The molecule has 4 rings (SSSR count). The van der Waals surface area contributed by atoms with Crippen molar-refractivity contribution in [2.24, 2.45) is 10.8 Å². The van der Waals surface area contributed by atoms with Gasteiger partial charge in [-0.3, -0.25) is 19.2 Å². The number of hydrogen-bond acceptors (Lipinski definition) is 7. The van der Waals surface area contributed by atoms with Gasteiger partial charge in [-0.05, 0) is 70.4 Å². The van der Waals surface area contributed by atoms with Crippen molar-refractivity contribution in [1.82, 2.24) is 30.9 Å². The van der Waals surface area contributed by atoms with Crippen molar-refractivity contribution in [1.29, 1.82) is 0 Å². The first kappa shape index (κ1) is 42.2. The van der Waals surface area contributed by atoms with E-state index in [0.717, 1.165) is 23.1 Å². The van der Waals surface area contributed by atoms with E-state index in [0.29, 0.717) is 49.5 Å². The molecule has 0 bridgehead atoms. The molecular weight excluding hydrogens is 683 g/mol. The minimum atomic E-state index is -0.561. The third-order valence-electron chi connectivity index (χ3n) is 10.2. The van der Waals surface area contributed by atoms with E-state index in [2.05, 4.69) is 60.9 Å². The molecule has 4 amide bonds. The molecule has 0 aliphatic carbocycles. The largest absolute Gasteiger partial charge is 0.375 e. The Morgan fingerprint density at radius 2 is 1.52 bits per heavy atom. The Bertz CT molecular complexity index is 1810. The number of para-hydroxylation sites is 1. The molecule has 12 heteroatoms. The Kier molecular flexibility index (Phi) is 13.5. The summed E-state index contributed by atoms with van der Waals surface area (Å²) in [5, 5.41) is 17.7. The van der Waals surface area contributed by atoms with Gasteiger partial charge in [-0.25, -0.2) is 4.68 Å². The Hall–Kier alpha value is -4.58. The number of ether oxygens (including phenoxy) is 1. The van der Waals surface area contributed by atoms with Crippen LogP contribution < -0.4 is 20.9 Å². The van der Waals surface area contributed by atoms with Crippen LogP contribution in [0.5, 0.6) is 0 Å². The second-order valence-electron chi connectivity index (χ2n) is 17.2. The molecule has 1 unspecified atom stereocenters. The van der Waals surface area contributed by atoms with Crippen molar-refractivity contribution in [3.63, 3.8) is 0 Å². The molecule has 3 aromatic rings. The molecule has 2 heterocycles. The minimum absolute atomic E-state index is 0.00402. The normalized spacial score (nSPS) is 14.1. The summed E-state index contributed by atoms with van der Waals surface area (Å²) in [6.45, 7) is 19.8. The number of rotatable bonds is 16. The zero-order valence-corrected chi connectivity index (χ0v) is 34.0. The predicted molar refractivity (Wildman–Crippen MR) is 212 cm³/mol. The van der Waals surface area contributed by atoms with E-state index in [1.54, 1.807) is 16.6 Å². The summed E-state index contributed by atoms with van der Waals surface area (Å²) in [6.07, 6.45) is 2.76. The summed E-state index contributed by atoms with van der Waals surface area (Å²) >= 11 is 0. The lowest BCUT2D eigenvalue weighted by Gasteiger charge is -2.37. The highest BCUT2D eigenvalue weighted by molar-refractivity contribution is 6.01. The van der Waals surface area contributed by atoms with Crippen molar-refractivity contribution < 1.29 is 23.9 Å². The van der Waals surface area contributed by atoms with Gasteiger partial charge in [0.15, 0.2) is 0 Å². The number of anilines is 1. The number of aromatic nitrogens is 3. The van der Waals surface area contributed by atoms with Crippen LogP contribution in [0.3, 0.4) is 0 Å². The van der Waals surface area contributed by atoms with Crippen molar-refractivity contribution in [3.8, 4) is 22.5 Å². The number of fused-ring (bicyclic) bond motifs is 5. The molecule has 0 saturated carbocycles. The van der Waals surface area contributed by atoms with E-state index in [1.165, 1.54) is 0 Å². The minimum Gasteiger partial charge on any atom is -0.375 e. The zero-order valence-electron chi connectivity index (χ0n) is 34.0. The molecule has 0 radical (unpaired) electrons. The molecule has 0 saturated heterocycles. The van der Waals surface area contributed by atoms with Crippen LogP contribution in [0, 0.1) is 10.8 Å². The first-order valence-corrected chi connectivity index (χ1v) is 19.1. The van der Waals surface area contributed by atoms with E-state index in [1.807, 2.05) is 76.2 Å². The number of benzene rings is 2. The molecule has 0 fully saturated rings. The molecule has 12 nitrogen and oxygen atoms in total. The molecule has 1 aromatic heterocycles. The first-order valence-electron chi connectivity index (χ1n) is 19.1. The maximum Gasteiger partial charge on any atom is 0.241 e. The Morgan fingerprint density at radius 1 is 0.852 bits per heavy atom. The summed E-state index contributed by atoms with van der Waals surface area (Å²) in [4.78, 5) is 54.3. The fourth-order valence-corrected chi connectivity index (χ4v) is 7.21. The Morgan fingerprint density at radius 3 is 2.19 bits per heavy atom. The van der Waals surface area contributed by atoms with Gasteiger partial charge < -0.3 is 25.6 Å². The van der Waals surface area contributed by atoms with Crippen molar-refractivity contribution in [2.45, 2.75) is 125 Å². The summed E-state index contributed by atoms with van der Waals surface area (Å²) in [5.74, 6) is -0.565. The molecule has 1 aliphatic rings. The quantitative estimate of drug-likeness (QED) is 0.153. The van der Waals surface area contributed by atoms with E-state index < -0.39 is 11.0 Å². The molecule has 294 valence electrons. The van der Waals surface area contributed by atoms with Crippen molar-refractivity contribution >= 4 is 29.3 Å². The van der Waals surface area contributed by atoms with E-state index >= 15 is 0 Å². The van der Waals surface area contributed by atoms with Crippen LogP contribution in [-0.4, -0.2) is 70.0 Å². The second kappa shape index (κ2) is 17.3. The van der Waals surface area contributed by atoms with Gasteiger partial charge in [0.25, 0.3) is 0 Å². The fourth-order valence-electron chi connectivity index (χ4n) is 7.21. The average molecular weight is 744 g/mol. The topological polar surface area (TPSA) is 148 Å². The van der Waals surface area contributed by atoms with Crippen LogP contribution in [0.4, 0.5) is 5.69 Å². The monoisotopic (exact) mass is 743 g/mol. The molecule has 1 atom stereocenters. The van der Waals surface area contributed by atoms with Crippen LogP contribution >= 0.6 is 0 Å². The van der Waals surface area contributed by atoms with Crippen LogP contribution in [0.25, 0.3) is 22.5 Å². The Balaban J connectivity index is 1.33. The number of amides is 4.